The minimum absolute atomic E-state index is 0.122. The molecule has 0 spiro atoms. The van der Waals surface area contributed by atoms with E-state index >= 15 is 0 Å². The number of sulfonamides is 1. The summed E-state index contributed by atoms with van der Waals surface area (Å²) in [6.45, 7) is 3.94. The Morgan fingerprint density at radius 2 is 1.64 bits per heavy atom. The van der Waals surface area contributed by atoms with E-state index in [2.05, 4.69) is 5.32 Å². The third kappa shape index (κ3) is 4.81. The predicted octanol–water partition coefficient (Wildman–Crippen LogP) is 3.30. The molecule has 0 radical (unpaired) electrons. The monoisotopic (exact) mass is 380 g/mol. The Morgan fingerprint density at radius 1 is 1.08 bits per heavy atom. The average molecular weight is 381 g/mol. The molecule has 1 amide bonds. The molecule has 1 N–H and O–H groups in total. The van der Waals surface area contributed by atoms with Crippen molar-refractivity contribution in [1.29, 1.82) is 0 Å². The molecule has 0 fully saturated rings. The highest BCUT2D eigenvalue weighted by Gasteiger charge is 2.22. The molecule has 0 heterocycles. The molecule has 2 aromatic rings. The molecule has 25 heavy (non-hydrogen) atoms. The molecule has 0 aromatic heterocycles. The molecule has 0 aliphatic rings. The molecule has 0 aliphatic carbocycles. The van der Waals surface area contributed by atoms with E-state index in [9.17, 15) is 13.2 Å². The zero-order valence-corrected chi connectivity index (χ0v) is 15.9. The minimum atomic E-state index is -3.50. The van der Waals surface area contributed by atoms with E-state index in [1.54, 1.807) is 55.6 Å². The van der Waals surface area contributed by atoms with Gasteiger partial charge in [-0.1, -0.05) is 23.7 Å². The topological polar surface area (TPSA) is 66.5 Å². The number of nitrogens with one attached hydrogen (secondary N) is 1. The molecule has 7 heteroatoms. The summed E-state index contributed by atoms with van der Waals surface area (Å²) >= 11 is 5.80. The first-order valence-corrected chi connectivity index (χ1v) is 9.64. The van der Waals surface area contributed by atoms with Gasteiger partial charge in [-0.15, -0.1) is 0 Å². The van der Waals surface area contributed by atoms with E-state index in [1.807, 2.05) is 13.8 Å². The maximum atomic E-state index is 12.4. The second-order valence-corrected chi connectivity index (χ2v) is 8.38. The molecule has 2 rings (SSSR count). The Hall–Kier alpha value is -1.89. The summed E-state index contributed by atoms with van der Waals surface area (Å²) in [6.07, 6.45) is 0. The summed E-state index contributed by atoms with van der Waals surface area (Å²) in [5.74, 6) is -0.215. The SMILES string of the molecule is CC(C)N(C)S(=O)(=O)c1ccc(CNC(=O)c2ccc(Cl)cc2)cc1. The van der Waals surface area contributed by atoms with Crippen molar-refractivity contribution in [2.45, 2.75) is 31.3 Å². The molecule has 0 bridgehead atoms. The second kappa shape index (κ2) is 7.99. The third-order valence-corrected chi connectivity index (χ3v) is 6.19. The molecule has 0 saturated carbocycles. The Kier molecular flexibility index (Phi) is 6.21. The van der Waals surface area contributed by atoms with Gasteiger partial charge in [0.2, 0.25) is 10.0 Å². The van der Waals surface area contributed by atoms with Gasteiger partial charge in [0.15, 0.2) is 0 Å². The zero-order valence-electron chi connectivity index (χ0n) is 14.4. The smallest absolute Gasteiger partial charge is 0.251 e. The van der Waals surface area contributed by atoms with E-state index in [0.717, 1.165) is 5.56 Å². The van der Waals surface area contributed by atoms with Crippen LogP contribution in [0.15, 0.2) is 53.4 Å². The fourth-order valence-corrected chi connectivity index (χ4v) is 3.60. The highest BCUT2D eigenvalue weighted by molar-refractivity contribution is 7.89. The van der Waals surface area contributed by atoms with Crippen LogP contribution in [0.25, 0.3) is 0 Å². The molecule has 0 atom stereocenters. The van der Waals surface area contributed by atoms with E-state index in [-0.39, 0.29) is 16.8 Å². The third-order valence-electron chi connectivity index (χ3n) is 3.89. The van der Waals surface area contributed by atoms with Gasteiger partial charge >= 0.3 is 0 Å². The Morgan fingerprint density at radius 3 is 2.16 bits per heavy atom. The molecule has 0 unspecified atom stereocenters. The molecular formula is C18H21ClN2O3S. The van der Waals surface area contributed by atoms with Crippen molar-refractivity contribution < 1.29 is 13.2 Å². The number of hydrogen-bond acceptors (Lipinski definition) is 3. The van der Waals surface area contributed by atoms with Crippen molar-refractivity contribution in [3.63, 3.8) is 0 Å². The lowest BCUT2D eigenvalue weighted by atomic mass is 10.2. The van der Waals surface area contributed by atoms with Crippen molar-refractivity contribution in [1.82, 2.24) is 9.62 Å². The largest absolute Gasteiger partial charge is 0.348 e. The van der Waals surface area contributed by atoms with Crippen LogP contribution in [0, 0.1) is 0 Å². The van der Waals surface area contributed by atoms with Gasteiger partial charge < -0.3 is 5.32 Å². The molecule has 134 valence electrons. The number of rotatable bonds is 6. The van der Waals surface area contributed by atoms with Crippen LogP contribution in [-0.4, -0.2) is 31.7 Å². The lowest BCUT2D eigenvalue weighted by molar-refractivity contribution is 0.0951. The van der Waals surface area contributed by atoms with Crippen molar-refractivity contribution in [3.8, 4) is 0 Å². The van der Waals surface area contributed by atoms with Crippen LogP contribution < -0.4 is 5.32 Å². The van der Waals surface area contributed by atoms with Gasteiger partial charge in [-0.3, -0.25) is 4.79 Å². The summed E-state index contributed by atoms with van der Waals surface area (Å²) in [5.41, 5.74) is 1.33. The zero-order chi connectivity index (χ0) is 18.6. The summed E-state index contributed by atoms with van der Waals surface area (Å²) in [5, 5.41) is 3.36. The van der Waals surface area contributed by atoms with Gasteiger partial charge in [-0.2, -0.15) is 4.31 Å². The number of hydrogen-bond donors (Lipinski definition) is 1. The maximum absolute atomic E-state index is 12.4. The van der Waals surface area contributed by atoms with Crippen LogP contribution in [-0.2, 0) is 16.6 Å². The fraction of sp³-hybridized carbons (Fsp3) is 0.278. The summed E-state index contributed by atoms with van der Waals surface area (Å²) in [4.78, 5) is 12.3. The van der Waals surface area contributed by atoms with Crippen LogP contribution in [0.5, 0.6) is 0 Å². The summed E-state index contributed by atoms with van der Waals surface area (Å²) in [7, 11) is -1.94. The first-order valence-electron chi connectivity index (χ1n) is 7.82. The predicted molar refractivity (Wildman–Crippen MR) is 99.1 cm³/mol. The Balaban J connectivity index is 2.03. The van der Waals surface area contributed by atoms with E-state index in [1.165, 1.54) is 4.31 Å². The van der Waals surface area contributed by atoms with Crippen LogP contribution in [0.4, 0.5) is 0 Å². The Bertz CT molecular complexity index is 832. The molecular weight excluding hydrogens is 360 g/mol. The lowest BCUT2D eigenvalue weighted by Gasteiger charge is -2.21. The van der Waals surface area contributed by atoms with Crippen LogP contribution in [0.1, 0.15) is 29.8 Å². The number of halogens is 1. The first kappa shape index (κ1) is 19.4. The number of carbonyl (C=O) groups is 1. The van der Waals surface area contributed by atoms with Gasteiger partial charge in [0.25, 0.3) is 5.91 Å². The van der Waals surface area contributed by atoms with Gasteiger partial charge in [0.05, 0.1) is 4.90 Å². The van der Waals surface area contributed by atoms with Crippen LogP contribution >= 0.6 is 11.6 Å². The highest BCUT2D eigenvalue weighted by atomic mass is 35.5. The fourth-order valence-electron chi connectivity index (χ4n) is 2.11. The van der Waals surface area contributed by atoms with E-state index in [4.69, 9.17) is 11.6 Å². The maximum Gasteiger partial charge on any atom is 0.251 e. The number of carbonyl (C=O) groups excluding carboxylic acids is 1. The van der Waals surface area contributed by atoms with Crippen LogP contribution in [0.3, 0.4) is 0 Å². The summed E-state index contributed by atoms with van der Waals surface area (Å²) < 4.78 is 26.1. The van der Waals surface area contributed by atoms with Crippen molar-refractivity contribution in [3.05, 3.63) is 64.7 Å². The first-order chi connectivity index (χ1) is 11.7. The molecule has 2 aromatic carbocycles. The van der Waals surface area contributed by atoms with Gasteiger partial charge in [0.1, 0.15) is 0 Å². The molecule has 0 aliphatic heterocycles. The normalized spacial score (nSPS) is 11.8. The molecule has 5 nitrogen and oxygen atoms in total. The Labute approximate surface area is 153 Å². The standard InChI is InChI=1S/C18H21ClN2O3S/c1-13(2)21(3)25(23,24)17-10-4-14(5-11-17)12-20-18(22)15-6-8-16(19)9-7-15/h4-11,13H,12H2,1-3H3,(H,20,22). The van der Waals surface area contributed by atoms with E-state index in [0.29, 0.717) is 17.1 Å². The number of amides is 1. The molecule has 0 saturated heterocycles. The minimum Gasteiger partial charge on any atom is -0.348 e. The number of benzene rings is 2. The van der Waals surface area contributed by atoms with Crippen molar-refractivity contribution in [2.24, 2.45) is 0 Å². The highest BCUT2D eigenvalue weighted by Crippen LogP contribution is 2.17. The average Bonchev–Trinajstić information content (AvgIpc) is 2.59. The van der Waals surface area contributed by atoms with Crippen molar-refractivity contribution in [2.75, 3.05) is 7.05 Å². The summed E-state index contributed by atoms with van der Waals surface area (Å²) in [6, 6.07) is 13.0. The van der Waals surface area contributed by atoms with Gasteiger partial charge in [-0.05, 0) is 55.8 Å². The number of nitrogens with zero attached hydrogens (tertiary/aromatic N) is 1. The van der Waals surface area contributed by atoms with E-state index < -0.39 is 10.0 Å². The second-order valence-electron chi connectivity index (χ2n) is 5.95. The van der Waals surface area contributed by atoms with Crippen LogP contribution in [0.2, 0.25) is 5.02 Å². The van der Waals surface area contributed by atoms with Crippen molar-refractivity contribution >= 4 is 27.5 Å². The lowest BCUT2D eigenvalue weighted by Crippen LogP contribution is -2.33. The van der Waals surface area contributed by atoms with Gasteiger partial charge in [-0.25, -0.2) is 8.42 Å². The quantitative estimate of drug-likeness (QED) is 0.836. The van der Waals surface area contributed by atoms with Gasteiger partial charge in [0, 0.05) is 30.2 Å².